The predicted octanol–water partition coefficient (Wildman–Crippen LogP) is 5.48. The molecule has 0 bridgehead atoms. The number of methoxy groups -OCH3 is 1. The van der Waals surface area contributed by atoms with Gasteiger partial charge in [0.15, 0.2) is 5.76 Å². The van der Waals surface area contributed by atoms with Crippen molar-refractivity contribution in [3.05, 3.63) is 78.8 Å². The molecule has 0 saturated carbocycles. The van der Waals surface area contributed by atoms with Gasteiger partial charge < -0.3 is 14.5 Å². The average molecular weight is 414 g/mol. The first kappa shape index (κ1) is 20.2. The van der Waals surface area contributed by atoms with Gasteiger partial charge in [0.25, 0.3) is 6.01 Å². The third kappa shape index (κ3) is 4.40. The van der Waals surface area contributed by atoms with Gasteiger partial charge in [-0.15, -0.1) is 0 Å². The Morgan fingerprint density at radius 2 is 1.74 bits per heavy atom. The van der Waals surface area contributed by atoms with Gasteiger partial charge >= 0.3 is 0 Å². The van der Waals surface area contributed by atoms with Crippen LogP contribution in [-0.2, 0) is 4.79 Å². The van der Waals surface area contributed by atoms with Crippen LogP contribution in [-0.4, -0.2) is 23.0 Å². The number of carbonyl (C=O) groups excluding carboxylic acids is 1. The molecule has 1 amide bonds. The lowest BCUT2D eigenvalue weighted by atomic mass is 10.1. The summed E-state index contributed by atoms with van der Waals surface area (Å²) in [6.07, 6.45) is 5.07. The second-order valence-electron chi connectivity index (χ2n) is 6.94. The summed E-state index contributed by atoms with van der Waals surface area (Å²) in [4.78, 5) is 22.4. The molecule has 0 atom stereocenters. The minimum absolute atomic E-state index is 0.101. The van der Waals surface area contributed by atoms with Crippen LogP contribution in [0.5, 0.6) is 5.75 Å². The van der Waals surface area contributed by atoms with Crippen molar-refractivity contribution in [3.63, 3.8) is 0 Å². The maximum atomic E-state index is 12.5. The van der Waals surface area contributed by atoms with Crippen LogP contribution in [0.3, 0.4) is 0 Å². The van der Waals surface area contributed by atoms with Crippen molar-refractivity contribution in [2.75, 3.05) is 17.3 Å². The lowest BCUT2D eigenvalue weighted by Gasteiger charge is -2.23. The first-order valence-corrected chi connectivity index (χ1v) is 9.74. The van der Waals surface area contributed by atoms with Crippen molar-refractivity contribution < 1.29 is 13.9 Å². The van der Waals surface area contributed by atoms with E-state index >= 15 is 0 Å². The first-order valence-electron chi connectivity index (χ1n) is 9.74. The molecule has 0 spiro atoms. The molecule has 156 valence electrons. The Hall–Kier alpha value is -4.13. The van der Waals surface area contributed by atoms with Crippen molar-refractivity contribution in [2.45, 2.75) is 13.8 Å². The normalized spacial score (nSPS) is 10.5. The lowest BCUT2D eigenvalue weighted by Crippen LogP contribution is -2.22. The molecule has 0 aliphatic rings. The molecule has 1 N–H and O–H groups in total. The first-order chi connectivity index (χ1) is 15.0. The molecular weight excluding hydrogens is 392 g/mol. The number of pyridine rings is 1. The van der Waals surface area contributed by atoms with E-state index in [9.17, 15) is 4.79 Å². The van der Waals surface area contributed by atoms with E-state index in [1.165, 1.54) is 6.92 Å². The number of hydrogen-bond acceptors (Lipinski definition) is 6. The molecule has 2 aromatic heterocycles. The zero-order chi connectivity index (χ0) is 21.8. The minimum Gasteiger partial charge on any atom is -0.497 e. The number of rotatable bonds is 6. The summed E-state index contributed by atoms with van der Waals surface area (Å²) in [6.45, 7) is 3.51. The van der Waals surface area contributed by atoms with Gasteiger partial charge in [-0.3, -0.25) is 14.7 Å². The second-order valence-corrected chi connectivity index (χ2v) is 6.94. The molecule has 0 unspecified atom stereocenters. The number of ether oxygens (including phenoxy) is 1. The molecule has 0 fully saturated rings. The highest BCUT2D eigenvalue weighted by molar-refractivity contribution is 5.99. The van der Waals surface area contributed by atoms with Crippen LogP contribution in [0.2, 0.25) is 0 Å². The molecule has 0 aliphatic carbocycles. The molecule has 0 saturated heterocycles. The van der Waals surface area contributed by atoms with Gasteiger partial charge in [0.1, 0.15) is 5.75 Å². The molecular formula is C24H22N4O3. The highest BCUT2D eigenvalue weighted by Gasteiger charge is 2.16. The Balaban J connectivity index is 1.63. The molecule has 4 aromatic rings. The summed E-state index contributed by atoms with van der Waals surface area (Å²) in [5, 5.41) is 3.21. The van der Waals surface area contributed by atoms with Crippen molar-refractivity contribution in [1.82, 2.24) is 9.97 Å². The van der Waals surface area contributed by atoms with E-state index in [-0.39, 0.29) is 5.91 Å². The lowest BCUT2D eigenvalue weighted by molar-refractivity contribution is -0.115. The molecule has 4 rings (SSSR count). The largest absolute Gasteiger partial charge is 0.497 e. The molecule has 7 nitrogen and oxygen atoms in total. The number of nitrogens with zero attached hydrogens (tertiary/aromatic N) is 3. The maximum absolute atomic E-state index is 12.5. The monoisotopic (exact) mass is 414 g/mol. The van der Waals surface area contributed by atoms with Crippen LogP contribution in [0.25, 0.3) is 11.3 Å². The molecule has 7 heteroatoms. The van der Waals surface area contributed by atoms with Gasteiger partial charge in [-0.25, -0.2) is 4.98 Å². The van der Waals surface area contributed by atoms with Crippen molar-refractivity contribution >= 4 is 29.0 Å². The van der Waals surface area contributed by atoms with E-state index in [2.05, 4.69) is 15.3 Å². The third-order valence-electron chi connectivity index (χ3n) is 4.84. The molecule has 0 radical (unpaired) electrons. The Kier molecular flexibility index (Phi) is 5.66. The standard InChI is InChI=1S/C24H22N4O3/c1-16-4-5-20(28(17(2)29)19-6-8-21(30-3)9-7-19)14-22(16)27-24-26-15-23(31-24)18-10-12-25-13-11-18/h4-15H,1-3H3,(H,26,27). The Bertz CT molecular complexity index is 1190. The highest BCUT2D eigenvalue weighted by Crippen LogP contribution is 2.32. The fourth-order valence-electron chi connectivity index (χ4n) is 3.22. The van der Waals surface area contributed by atoms with Crippen molar-refractivity contribution in [2.24, 2.45) is 0 Å². The topological polar surface area (TPSA) is 80.5 Å². The Labute approximate surface area is 180 Å². The van der Waals surface area contributed by atoms with E-state index in [4.69, 9.17) is 9.15 Å². The minimum atomic E-state index is -0.101. The number of aromatic nitrogens is 2. The third-order valence-corrected chi connectivity index (χ3v) is 4.84. The van der Waals surface area contributed by atoms with E-state index in [0.29, 0.717) is 11.8 Å². The summed E-state index contributed by atoms with van der Waals surface area (Å²) in [5.41, 5.74) is 4.15. The van der Waals surface area contributed by atoms with Crippen LogP contribution < -0.4 is 15.0 Å². The zero-order valence-electron chi connectivity index (χ0n) is 17.5. The maximum Gasteiger partial charge on any atom is 0.299 e. The zero-order valence-corrected chi connectivity index (χ0v) is 17.5. The van der Waals surface area contributed by atoms with Crippen LogP contribution >= 0.6 is 0 Å². The fourth-order valence-corrected chi connectivity index (χ4v) is 3.22. The second kappa shape index (κ2) is 8.71. The SMILES string of the molecule is COc1ccc(N(C(C)=O)c2ccc(C)c(Nc3ncc(-c4ccncc4)o3)c2)cc1. The van der Waals surface area contributed by atoms with E-state index in [1.807, 2.05) is 61.5 Å². The predicted molar refractivity (Wildman–Crippen MR) is 120 cm³/mol. The van der Waals surface area contributed by atoms with Crippen LogP contribution in [0.15, 0.2) is 77.6 Å². The number of carbonyl (C=O) groups is 1. The van der Waals surface area contributed by atoms with Crippen LogP contribution in [0.4, 0.5) is 23.1 Å². The van der Waals surface area contributed by atoms with Gasteiger partial charge in [-0.05, 0) is 61.0 Å². The summed E-state index contributed by atoms with van der Waals surface area (Å²) in [7, 11) is 1.61. The van der Waals surface area contributed by atoms with Crippen molar-refractivity contribution in [1.29, 1.82) is 0 Å². The number of nitrogens with one attached hydrogen (secondary N) is 1. The summed E-state index contributed by atoms with van der Waals surface area (Å²) >= 11 is 0. The number of oxazole rings is 1. The number of hydrogen-bond donors (Lipinski definition) is 1. The highest BCUT2D eigenvalue weighted by atomic mass is 16.5. The van der Waals surface area contributed by atoms with Crippen LogP contribution in [0, 0.1) is 6.92 Å². The number of anilines is 4. The number of benzene rings is 2. The van der Waals surface area contributed by atoms with Gasteiger partial charge in [-0.2, -0.15) is 0 Å². The van der Waals surface area contributed by atoms with Gasteiger partial charge in [0.05, 0.1) is 19.0 Å². The van der Waals surface area contributed by atoms with E-state index < -0.39 is 0 Å². The molecule has 31 heavy (non-hydrogen) atoms. The molecule has 2 aromatic carbocycles. The molecule has 2 heterocycles. The van der Waals surface area contributed by atoms with Gasteiger partial charge in [0, 0.05) is 36.3 Å². The van der Waals surface area contributed by atoms with Gasteiger partial charge in [0.2, 0.25) is 5.91 Å². The number of amides is 1. The average Bonchev–Trinajstić information content (AvgIpc) is 3.25. The summed E-state index contributed by atoms with van der Waals surface area (Å²) in [6, 6.07) is 17.2. The number of aryl methyl sites for hydroxylation is 1. The van der Waals surface area contributed by atoms with Crippen LogP contribution in [0.1, 0.15) is 12.5 Å². The Morgan fingerprint density at radius 1 is 1.03 bits per heavy atom. The fraction of sp³-hybridized carbons (Fsp3) is 0.125. The van der Waals surface area contributed by atoms with E-state index in [1.54, 1.807) is 30.6 Å². The van der Waals surface area contributed by atoms with Crippen molar-refractivity contribution in [3.8, 4) is 17.1 Å². The smallest absolute Gasteiger partial charge is 0.299 e. The van der Waals surface area contributed by atoms with Gasteiger partial charge in [-0.1, -0.05) is 6.07 Å². The quantitative estimate of drug-likeness (QED) is 0.450. The molecule has 0 aliphatic heterocycles. The summed E-state index contributed by atoms with van der Waals surface area (Å²) < 4.78 is 11.1. The summed E-state index contributed by atoms with van der Waals surface area (Å²) in [5.74, 6) is 1.27. The van der Waals surface area contributed by atoms with E-state index in [0.717, 1.165) is 33.9 Å². The Morgan fingerprint density at radius 3 is 2.42 bits per heavy atom.